The predicted molar refractivity (Wildman–Crippen MR) is 54.5 cm³/mol. The van der Waals surface area contributed by atoms with Crippen LogP contribution < -0.4 is 20.7 Å². The number of aromatic nitrogens is 3. The number of anilines is 1. The molecule has 3 N–H and O–H groups in total. The highest BCUT2D eigenvalue weighted by atomic mass is 16.5. The van der Waals surface area contributed by atoms with Gasteiger partial charge in [0, 0.05) is 0 Å². The Hall–Kier alpha value is -1.89. The topological polar surface area (TPSA) is 95.2 Å². The Morgan fingerprint density at radius 3 is 2.53 bits per heavy atom. The molecule has 15 heavy (non-hydrogen) atoms. The van der Waals surface area contributed by atoms with Crippen molar-refractivity contribution in [3.05, 3.63) is 12.7 Å². The summed E-state index contributed by atoms with van der Waals surface area (Å²) >= 11 is 0. The molecular formula is C8H13N5O2. The third-order valence-electron chi connectivity index (χ3n) is 1.33. The number of nitrogens with zero attached hydrogens (tertiary/aromatic N) is 3. The summed E-state index contributed by atoms with van der Waals surface area (Å²) in [6, 6.07) is 0.306. The van der Waals surface area contributed by atoms with Crippen LogP contribution in [0.25, 0.3) is 0 Å². The minimum absolute atomic E-state index is 0.140. The molecule has 0 aliphatic rings. The zero-order chi connectivity index (χ0) is 11.1. The van der Waals surface area contributed by atoms with Gasteiger partial charge >= 0.3 is 12.0 Å². The molecule has 0 radical (unpaired) electrons. The molecule has 0 aromatic carbocycles. The number of hydrogen-bond acceptors (Lipinski definition) is 7. The number of nitrogen functional groups attached to an aromatic ring is 1. The summed E-state index contributed by atoms with van der Waals surface area (Å²) in [7, 11) is 0. The van der Waals surface area contributed by atoms with Crippen molar-refractivity contribution in [2.75, 3.05) is 18.6 Å². The molecule has 0 aliphatic heterocycles. The second kappa shape index (κ2) is 5.76. The lowest BCUT2D eigenvalue weighted by Gasteiger charge is -2.06. The van der Waals surface area contributed by atoms with E-state index in [9.17, 15) is 0 Å². The van der Waals surface area contributed by atoms with Gasteiger partial charge in [0.25, 0.3) is 0 Å². The summed E-state index contributed by atoms with van der Waals surface area (Å²) in [5.74, 6) is 5.37. The van der Waals surface area contributed by atoms with Crippen LogP contribution in [0.4, 0.5) is 5.95 Å². The van der Waals surface area contributed by atoms with Crippen molar-refractivity contribution in [3.63, 3.8) is 0 Å². The standard InChI is InChI=1S/C8H13N5O2/c1-3-5-15-8-11-6(13-9)10-7(12-8)14-4-2/h3H,1,4-5,9H2,2H3,(H,10,11,12,13). The first-order valence-electron chi connectivity index (χ1n) is 4.39. The molecule has 1 aromatic rings. The fourth-order valence-electron chi connectivity index (χ4n) is 0.794. The molecule has 0 atom stereocenters. The van der Waals surface area contributed by atoms with Gasteiger partial charge in [-0.3, -0.25) is 5.43 Å². The molecule has 0 spiro atoms. The molecule has 1 rings (SSSR count). The monoisotopic (exact) mass is 211 g/mol. The maximum Gasteiger partial charge on any atom is 0.324 e. The smallest absolute Gasteiger partial charge is 0.324 e. The highest BCUT2D eigenvalue weighted by Crippen LogP contribution is 2.11. The van der Waals surface area contributed by atoms with E-state index in [1.165, 1.54) is 0 Å². The molecular weight excluding hydrogens is 198 g/mol. The van der Waals surface area contributed by atoms with Gasteiger partial charge in [-0.05, 0) is 6.92 Å². The lowest BCUT2D eigenvalue weighted by Crippen LogP contribution is -2.13. The van der Waals surface area contributed by atoms with Gasteiger partial charge in [0.05, 0.1) is 6.61 Å². The number of nitrogens with one attached hydrogen (secondary N) is 1. The summed E-state index contributed by atoms with van der Waals surface area (Å²) in [6.07, 6.45) is 1.58. The molecule has 0 saturated heterocycles. The second-order valence-electron chi connectivity index (χ2n) is 2.40. The Bertz CT molecular complexity index is 331. The summed E-state index contributed by atoms with van der Waals surface area (Å²) in [5.41, 5.74) is 2.29. The number of rotatable bonds is 6. The van der Waals surface area contributed by atoms with E-state index in [2.05, 4.69) is 27.0 Å². The van der Waals surface area contributed by atoms with E-state index in [1.807, 2.05) is 6.92 Å². The second-order valence-corrected chi connectivity index (χ2v) is 2.40. The number of hydrogen-bond donors (Lipinski definition) is 2. The van der Waals surface area contributed by atoms with Crippen LogP contribution in [0.15, 0.2) is 12.7 Å². The summed E-state index contributed by atoms with van der Waals surface area (Å²) in [6.45, 7) is 6.09. The van der Waals surface area contributed by atoms with Crippen molar-refractivity contribution < 1.29 is 9.47 Å². The van der Waals surface area contributed by atoms with Crippen LogP contribution in [0, 0.1) is 0 Å². The zero-order valence-electron chi connectivity index (χ0n) is 8.43. The van der Waals surface area contributed by atoms with Crippen LogP contribution in [0.3, 0.4) is 0 Å². The molecule has 0 fully saturated rings. The van der Waals surface area contributed by atoms with Gasteiger partial charge in [-0.1, -0.05) is 12.7 Å². The average molecular weight is 211 g/mol. The van der Waals surface area contributed by atoms with Crippen LogP contribution in [0.1, 0.15) is 6.92 Å². The van der Waals surface area contributed by atoms with Crippen LogP contribution in [0.5, 0.6) is 12.0 Å². The lowest BCUT2D eigenvalue weighted by atomic mass is 10.7. The van der Waals surface area contributed by atoms with Gasteiger partial charge < -0.3 is 9.47 Å². The summed E-state index contributed by atoms with van der Waals surface area (Å²) in [5, 5.41) is 0. The van der Waals surface area contributed by atoms with Crippen LogP contribution in [-0.4, -0.2) is 28.2 Å². The maximum absolute atomic E-state index is 5.18. The number of nitrogens with two attached hydrogens (primary N) is 1. The van der Waals surface area contributed by atoms with Gasteiger partial charge in [-0.15, -0.1) is 4.98 Å². The van der Waals surface area contributed by atoms with Gasteiger partial charge in [0.2, 0.25) is 5.95 Å². The number of hydrazine groups is 1. The highest BCUT2D eigenvalue weighted by molar-refractivity contribution is 5.25. The first-order chi connectivity index (χ1) is 7.30. The molecule has 7 heteroatoms. The Morgan fingerprint density at radius 2 is 2.00 bits per heavy atom. The Kier molecular flexibility index (Phi) is 4.30. The van der Waals surface area contributed by atoms with Crippen LogP contribution in [-0.2, 0) is 0 Å². The molecule has 0 amide bonds. The van der Waals surface area contributed by atoms with E-state index in [1.54, 1.807) is 6.08 Å². The minimum atomic E-state index is 0.140. The maximum atomic E-state index is 5.18. The molecule has 0 aliphatic carbocycles. The molecule has 1 heterocycles. The lowest BCUT2D eigenvalue weighted by molar-refractivity contribution is 0.288. The highest BCUT2D eigenvalue weighted by Gasteiger charge is 2.06. The van der Waals surface area contributed by atoms with E-state index in [4.69, 9.17) is 15.3 Å². The Labute approximate surface area is 87.3 Å². The third-order valence-corrected chi connectivity index (χ3v) is 1.33. The van der Waals surface area contributed by atoms with Crippen molar-refractivity contribution in [2.24, 2.45) is 5.84 Å². The molecule has 0 saturated carbocycles. The van der Waals surface area contributed by atoms with Crippen LogP contribution in [0.2, 0.25) is 0 Å². The average Bonchev–Trinajstić information content (AvgIpc) is 2.26. The van der Waals surface area contributed by atoms with E-state index >= 15 is 0 Å². The fourth-order valence-corrected chi connectivity index (χ4v) is 0.794. The van der Waals surface area contributed by atoms with Crippen LogP contribution >= 0.6 is 0 Å². The van der Waals surface area contributed by atoms with E-state index < -0.39 is 0 Å². The van der Waals surface area contributed by atoms with Crippen molar-refractivity contribution in [2.45, 2.75) is 6.92 Å². The van der Waals surface area contributed by atoms with Gasteiger partial charge in [-0.25, -0.2) is 5.84 Å². The minimum Gasteiger partial charge on any atom is -0.464 e. The largest absolute Gasteiger partial charge is 0.464 e. The number of ether oxygens (including phenoxy) is 2. The predicted octanol–water partition coefficient (Wildman–Crippen LogP) is 0.121. The normalized spacial score (nSPS) is 9.47. The van der Waals surface area contributed by atoms with Crippen molar-refractivity contribution in [1.29, 1.82) is 0 Å². The molecule has 1 aromatic heterocycles. The van der Waals surface area contributed by atoms with Crippen molar-refractivity contribution in [1.82, 2.24) is 15.0 Å². The van der Waals surface area contributed by atoms with Gasteiger partial charge in [-0.2, -0.15) is 9.97 Å². The fraction of sp³-hybridized carbons (Fsp3) is 0.375. The Morgan fingerprint density at radius 1 is 1.33 bits per heavy atom. The van der Waals surface area contributed by atoms with Crippen molar-refractivity contribution >= 4 is 5.95 Å². The molecule has 7 nitrogen and oxygen atoms in total. The summed E-state index contributed by atoms with van der Waals surface area (Å²) < 4.78 is 10.2. The van der Waals surface area contributed by atoms with Crippen molar-refractivity contribution in [3.8, 4) is 12.0 Å². The Balaban J connectivity index is 2.84. The quantitative estimate of drug-likeness (QED) is 0.392. The van der Waals surface area contributed by atoms with E-state index in [0.29, 0.717) is 13.2 Å². The first-order valence-corrected chi connectivity index (χ1v) is 4.39. The van der Waals surface area contributed by atoms with Gasteiger partial charge in [0.1, 0.15) is 6.61 Å². The molecule has 0 bridgehead atoms. The van der Waals surface area contributed by atoms with E-state index in [-0.39, 0.29) is 18.0 Å². The molecule has 0 unspecified atom stereocenters. The van der Waals surface area contributed by atoms with E-state index in [0.717, 1.165) is 0 Å². The first kappa shape index (κ1) is 11.2. The molecule has 82 valence electrons. The van der Waals surface area contributed by atoms with Gasteiger partial charge in [0.15, 0.2) is 0 Å². The zero-order valence-corrected chi connectivity index (χ0v) is 8.43. The summed E-state index contributed by atoms with van der Waals surface area (Å²) in [4.78, 5) is 11.6. The third kappa shape index (κ3) is 3.39. The SMILES string of the molecule is C=CCOc1nc(NN)nc(OCC)n1.